The van der Waals surface area contributed by atoms with Crippen LogP contribution in [0.15, 0.2) is 39.0 Å². The fourth-order valence-corrected chi connectivity index (χ4v) is 1.89. The lowest BCUT2D eigenvalue weighted by Crippen LogP contribution is -2.36. The van der Waals surface area contributed by atoms with Gasteiger partial charge in [0.25, 0.3) is 0 Å². The van der Waals surface area contributed by atoms with Gasteiger partial charge in [0.2, 0.25) is 5.60 Å². The van der Waals surface area contributed by atoms with Gasteiger partial charge in [-0.15, -0.1) is 0 Å². The number of halogens is 1. The van der Waals surface area contributed by atoms with Gasteiger partial charge in [0, 0.05) is 10.9 Å². The van der Waals surface area contributed by atoms with Gasteiger partial charge in [-0.2, -0.15) is 0 Å². The first-order chi connectivity index (χ1) is 8.99. The largest absolute Gasteiger partial charge is 0.381 e. The van der Waals surface area contributed by atoms with Gasteiger partial charge >= 0.3 is 5.97 Å². The van der Waals surface area contributed by atoms with Crippen LogP contribution in [0.25, 0.3) is 0 Å². The zero-order valence-electron chi connectivity index (χ0n) is 10.6. The Kier molecular flexibility index (Phi) is 3.99. The van der Waals surface area contributed by atoms with Crippen LogP contribution in [0.1, 0.15) is 25.8 Å². The first-order valence-electron chi connectivity index (χ1n) is 5.72. The third-order valence-corrected chi connectivity index (χ3v) is 3.16. The van der Waals surface area contributed by atoms with E-state index in [0.29, 0.717) is 6.42 Å². The van der Waals surface area contributed by atoms with Gasteiger partial charge in [0.15, 0.2) is 0 Å². The Balaban J connectivity index is 1.92. The number of benzene rings is 1. The Hall–Kier alpha value is -1.69. The molecule has 19 heavy (non-hydrogen) atoms. The number of hydrogen-bond donors (Lipinski definition) is 0. The molecule has 1 aliphatic rings. The van der Waals surface area contributed by atoms with Crippen molar-refractivity contribution in [1.29, 1.82) is 0 Å². The van der Waals surface area contributed by atoms with E-state index in [0.717, 1.165) is 15.7 Å². The van der Waals surface area contributed by atoms with Gasteiger partial charge in [-0.25, -0.2) is 4.79 Å². The average Bonchev–Trinajstić information content (AvgIpc) is 2.73. The number of rotatable bonds is 3. The third-order valence-electron chi connectivity index (χ3n) is 2.64. The number of oxime groups is 2. The molecule has 1 unspecified atom stereocenters. The zero-order chi connectivity index (χ0) is 13.9. The maximum Gasteiger partial charge on any atom is 0.381 e. The molecule has 1 atom stereocenters. The summed E-state index contributed by atoms with van der Waals surface area (Å²) in [5, 5.41) is 7.41. The van der Waals surface area contributed by atoms with E-state index in [2.05, 4.69) is 26.2 Å². The summed E-state index contributed by atoms with van der Waals surface area (Å²) in [6.45, 7) is 3.42. The molecule has 1 heterocycles. The van der Waals surface area contributed by atoms with Crippen LogP contribution in [0, 0.1) is 0 Å². The van der Waals surface area contributed by atoms with Gasteiger partial charge in [0.1, 0.15) is 0 Å². The number of hydrogen-bond acceptors (Lipinski definition) is 5. The molecule has 0 radical (unpaired) electrons. The van der Waals surface area contributed by atoms with Crippen molar-refractivity contribution in [2.24, 2.45) is 10.3 Å². The fourth-order valence-electron chi connectivity index (χ4n) is 1.62. The van der Waals surface area contributed by atoms with Gasteiger partial charge in [-0.05, 0) is 31.5 Å². The quantitative estimate of drug-likeness (QED) is 0.488. The maximum atomic E-state index is 11.8. The van der Waals surface area contributed by atoms with E-state index in [4.69, 9.17) is 9.68 Å². The van der Waals surface area contributed by atoms with Gasteiger partial charge < -0.3 is 9.68 Å². The van der Waals surface area contributed by atoms with E-state index in [-0.39, 0.29) is 0 Å². The Morgan fingerprint density at radius 3 is 2.79 bits per heavy atom. The van der Waals surface area contributed by atoms with Crippen molar-refractivity contribution in [2.75, 3.05) is 0 Å². The predicted octanol–water partition coefficient (Wildman–Crippen LogP) is 2.88. The second-order valence-corrected chi connectivity index (χ2v) is 5.41. The Morgan fingerprint density at radius 1 is 1.53 bits per heavy atom. The number of carbonyl (C=O) groups excluding carboxylic acids is 1. The summed E-state index contributed by atoms with van der Waals surface area (Å²) in [4.78, 5) is 21.7. The molecule has 0 N–H and O–H groups in total. The maximum absolute atomic E-state index is 11.8. The highest BCUT2D eigenvalue weighted by Gasteiger charge is 2.42. The molecule has 0 aromatic heterocycles. The standard InChI is InChI=1S/C13H13BrN2O3/c1-9-7-13(2,19-16-9)12(17)18-15-8-10-3-5-11(14)6-4-10/h3-6,8H,7H2,1-2H3/b15-8+. The molecule has 100 valence electrons. The zero-order valence-corrected chi connectivity index (χ0v) is 12.2. The van der Waals surface area contributed by atoms with E-state index >= 15 is 0 Å². The highest BCUT2D eigenvalue weighted by Crippen LogP contribution is 2.24. The van der Waals surface area contributed by atoms with Gasteiger partial charge in [0.05, 0.1) is 11.9 Å². The van der Waals surface area contributed by atoms with Crippen LogP contribution >= 0.6 is 15.9 Å². The molecule has 5 nitrogen and oxygen atoms in total. The second-order valence-electron chi connectivity index (χ2n) is 4.49. The van der Waals surface area contributed by atoms with Gasteiger partial charge in [-0.3, -0.25) is 0 Å². The summed E-state index contributed by atoms with van der Waals surface area (Å²) in [5.41, 5.74) is 0.526. The van der Waals surface area contributed by atoms with Crippen molar-refractivity contribution >= 4 is 33.8 Å². The SMILES string of the molecule is CC1=NOC(C)(C(=O)O/N=C/c2ccc(Br)cc2)C1. The Morgan fingerprint density at radius 2 is 2.21 bits per heavy atom. The molecule has 0 amide bonds. The average molecular weight is 325 g/mol. The highest BCUT2D eigenvalue weighted by atomic mass is 79.9. The minimum absolute atomic E-state index is 0.416. The first-order valence-corrected chi connectivity index (χ1v) is 6.51. The molecule has 2 rings (SSSR count). The minimum atomic E-state index is -1.07. The third kappa shape index (κ3) is 3.41. The summed E-state index contributed by atoms with van der Waals surface area (Å²) in [6.07, 6.45) is 1.88. The monoisotopic (exact) mass is 324 g/mol. The first kappa shape index (κ1) is 13.7. The molecular weight excluding hydrogens is 312 g/mol. The summed E-state index contributed by atoms with van der Waals surface area (Å²) >= 11 is 3.34. The lowest BCUT2D eigenvalue weighted by atomic mass is 10.0. The smallest absolute Gasteiger partial charge is 0.377 e. The molecular formula is C13H13BrN2O3. The van der Waals surface area contributed by atoms with Gasteiger partial charge in [-0.1, -0.05) is 38.4 Å². The van der Waals surface area contributed by atoms with Crippen molar-refractivity contribution in [3.8, 4) is 0 Å². The van der Waals surface area contributed by atoms with Crippen molar-refractivity contribution in [3.63, 3.8) is 0 Å². The van der Waals surface area contributed by atoms with Crippen LogP contribution < -0.4 is 0 Å². The Labute approximate surface area is 119 Å². The van der Waals surface area contributed by atoms with Crippen molar-refractivity contribution < 1.29 is 14.5 Å². The van der Waals surface area contributed by atoms with Crippen molar-refractivity contribution in [3.05, 3.63) is 34.3 Å². The fraction of sp³-hybridized carbons (Fsp3) is 0.308. The summed E-state index contributed by atoms with van der Waals surface area (Å²) in [6, 6.07) is 7.45. The molecule has 0 saturated heterocycles. The Bertz CT molecular complexity index is 539. The molecule has 0 saturated carbocycles. The second kappa shape index (κ2) is 5.52. The van der Waals surface area contributed by atoms with Crippen LogP contribution in [0.3, 0.4) is 0 Å². The van der Waals surface area contributed by atoms with Crippen LogP contribution in [0.2, 0.25) is 0 Å². The normalized spacial score (nSPS) is 22.2. The molecule has 1 aliphatic heterocycles. The molecule has 0 fully saturated rings. The molecule has 0 spiro atoms. The predicted molar refractivity (Wildman–Crippen MR) is 75.0 cm³/mol. The topological polar surface area (TPSA) is 60.2 Å². The van der Waals surface area contributed by atoms with Crippen molar-refractivity contribution in [1.82, 2.24) is 0 Å². The molecule has 6 heteroatoms. The molecule has 0 bridgehead atoms. The summed E-state index contributed by atoms with van der Waals surface area (Å²) < 4.78 is 0.973. The summed E-state index contributed by atoms with van der Waals surface area (Å²) in [5.74, 6) is -0.554. The molecule has 0 aliphatic carbocycles. The molecule has 1 aromatic rings. The van der Waals surface area contributed by atoms with E-state index in [1.54, 1.807) is 13.8 Å². The minimum Gasteiger partial charge on any atom is -0.377 e. The lowest BCUT2D eigenvalue weighted by Gasteiger charge is -2.16. The van der Waals surface area contributed by atoms with Crippen LogP contribution in [-0.2, 0) is 14.5 Å². The van der Waals surface area contributed by atoms with E-state index in [9.17, 15) is 4.79 Å². The van der Waals surface area contributed by atoms with Crippen LogP contribution in [0.4, 0.5) is 0 Å². The lowest BCUT2D eigenvalue weighted by molar-refractivity contribution is -0.167. The number of carbonyl (C=O) groups is 1. The molecule has 1 aromatic carbocycles. The van der Waals surface area contributed by atoms with E-state index < -0.39 is 11.6 Å². The van der Waals surface area contributed by atoms with Crippen LogP contribution in [-0.4, -0.2) is 23.5 Å². The van der Waals surface area contributed by atoms with E-state index in [1.807, 2.05) is 24.3 Å². The summed E-state index contributed by atoms with van der Waals surface area (Å²) in [7, 11) is 0. The number of nitrogens with zero attached hydrogens (tertiary/aromatic N) is 2. The highest BCUT2D eigenvalue weighted by molar-refractivity contribution is 9.10. The van der Waals surface area contributed by atoms with Crippen molar-refractivity contribution in [2.45, 2.75) is 25.9 Å². The van der Waals surface area contributed by atoms with Crippen LogP contribution in [0.5, 0.6) is 0 Å². The van der Waals surface area contributed by atoms with E-state index in [1.165, 1.54) is 6.21 Å².